The summed E-state index contributed by atoms with van der Waals surface area (Å²) in [6, 6.07) is 4.56. The Kier molecular flexibility index (Phi) is 5.89. The second kappa shape index (κ2) is 7.74. The van der Waals surface area contributed by atoms with E-state index in [2.05, 4.69) is 5.32 Å². The standard InChI is InChI=1S/C17H21ClN2O5/c1-3-20(4-2)14(21)10-25-13-6-5-11(9-12(13)18)19-15(22)17(7-8-17)16(23)24/h5-6,9H,3-4,7-8,10H2,1-2H3,(H,19,22)(H,23,24). The van der Waals surface area contributed by atoms with Gasteiger partial charge in [-0.25, -0.2) is 0 Å². The van der Waals surface area contributed by atoms with Gasteiger partial charge in [0.1, 0.15) is 11.2 Å². The molecule has 8 heteroatoms. The number of carboxylic acid groups (broad SMARTS) is 1. The third-order valence-electron chi connectivity index (χ3n) is 4.25. The second-order valence-electron chi connectivity index (χ2n) is 5.84. The topological polar surface area (TPSA) is 95.9 Å². The van der Waals surface area contributed by atoms with Crippen LogP contribution in [0, 0.1) is 5.41 Å². The van der Waals surface area contributed by atoms with Gasteiger partial charge < -0.3 is 20.1 Å². The third-order valence-corrected chi connectivity index (χ3v) is 4.55. The van der Waals surface area contributed by atoms with Crippen LogP contribution in [0.1, 0.15) is 26.7 Å². The molecular weight excluding hydrogens is 348 g/mol. The lowest BCUT2D eigenvalue weighted by atomic mass is 10.1. The number of likely N-dealkylation sites (N-methyl/N-ethyl adjacent to an activating group) is 1. The lowest BCUT2D eigenvalue weighted by molar-refractivity contribution is -0.147. The molecule has 0 heterocycles. The van der Waals surface area contributed by atoms with Crippen molar-refractivity contribution in [2.24, 2.45) is 5.41 Å². The SMILES string of the molecule is CCN(CC)C(=O)COc1ccc(NC(=O)C2(C(=O)O)CC2)cc1Cl. The van der Waals surface area contributed by atoms with Gasteiger partial charge in [0.2, 0.25) is 5.91 Å². The molecule has 136 valence electrons. The average molecular weight is 369 g/mol. The summed E-state index contributed by atoms with van der Waals surface area (Å²) in [5.74, 6) is -1.50. The van der Waals surface area contributed by atoms with Crippen LogP contribution in [0.5, 0.6) is 5.75 Å². The highest BCUT2D eigenvalue weighted by Crippen LogP contribution is 2.46. The number of carboxylic acids is 1. The fourth-order valence-corrected chi connectivity index (χ4v) is 2.65. The van der Waals surface area contributed by atoms with Gasteiger partial charge in [0.05, 0.1) is 5.02 Å². The van der Waals surface area contributed by atoms with E-state index in [1.54, 1.807) is 11.0 Å². The van der Waals surface area contributed by atoms with Gasteiger partial charge in [0.15, 0.2) is 6.61 Å². The highest BCUT2D eigenvalue weighted by molar-refractivity contribution is 6.32. The number of amides is 2. The number of rotatable bonds is 8. The van der Waals surface area contributed by atoms with E-state index in [4.69, 9.17) is 21.4 Å². The molecule has 1 aromatic carbocycles. The van der Waals surface area contributed by atoms with Crippen molar-refractivity contribution in [3.05, 3.63) is 23.2 Å². The number of halogens is 1. The summed E-state index contributed by atoms with van der Waals surface area (Å²) in [4.78, 5) is 36.8. The van der Waals surface area contributed by atoms with Crippen LogP contribution >= 0.6 is 11.6 Å². The van der Waals surface area contributed by atoms with E-state index in [-0.39, 0.29) is 17.5 Å². The van der Waals surface area contributed by atoms with E-state index < -0.39 is 17.3 Å². The highest BCUT2D eigenvalue weighted by atomic mass is 35.5. The Morgan fingerprint density at radius 1 is 1.28 bits per heavy atom. The molecule has 2 N–H and O–H groups in total. The number of nitrogens with one attached hydrogen (secondary N) is 1. The molecule has 0 saturated heterocycles. The van der Waals surface area contributed by atoms with Crippen LogP contribution < -0.4 is 10.1 Å². The molecule has 2 rings (SSSR count). The average Bonchev–Trinajstić information content (AvgIpc) is 3.37. The summed E-state index contributed by atoms with van der Waals surface area (Å²) in [6.07, 6.45) is 0.660. The molecule has 0 radical (unpaired) electrons. The normalized spacial score (nSPS) is 14.5. The quantitative estimate of drug-likeness (QED) is 0.687. The second-order valence-corrected chi connectivity index (χ2v) is 6.25. The number of hydrogen-bond donors (Lipinski definition) is 2. The number of carbonyl (C=O) groups excluding carboxylic acids is 2. The Morgan fingerprint density at radius 2 is 1.92 bits per heavy atom. The summed E-state index contributed by atoms with van der Waals surface area (Å²) >= 11 is 6.12. The molecule has 0 unspecified atom stereocenters. The van der Waals surface area contributed by atoms with E-state index in [1.807, 2.05) is 13.8 Å². The van der Waals surface area contributed by atoms with E-state index in [0.29, 0.717) is 37.4 Å². The molecule has 1 fully saturated rings. The van der Waals surface area contributed by atoms with Gasteiger partial charge in [-0.05, 0) is 44.9 Å². The molecule has 25 heavy (non-hydrogen) atoms. The molecule has 1 saturated carbocycles. The first-order chi connectivity index (χ1) is 11.8. The van der Waals surface area contributed by atoms with Crippen LogP contribution in [0.2, 0.25) is 5.02 Å². The van der Waals surface area contributed by atoms with Crippen LogP contribution in [0.4, 0.5) is 5.69 Å². The molecule has 0 aliphatic heterocycles. The van der Waals surface area contributed by atoms with Crippen molar-refractivity contribution >= 4 is 35.1 Å². The number of nitrogens with zero attached hydrogens (tertiary/aromatic N) is 1. The first-order valence-corrected chi connectivity index (χ1v) is 8.46. The van der Waals surface area contributed by atoms with Gasteiger partial charge >= 0.3 is 5.97 Å². The minimum absolute atomic E-state index is 0.130. The Bertz CT molecular complexity index is 684. The van der Waals surface area contributed by atoms with Crippen molar-refractivity contribution in [2.45, 2.75) is 26.7 Å². The monoisotopic (exact) mass is 368 g/mol. The van der Waals surface area contributed by atoms with E-state index in [9.17, 15) is 14.4 Å². The summed E-state index contributed by atoms with van der Waals surface area (Å²) in [5, 5.41) is 11.9. The maximum Gasteiger partial charge on any atom is 0.319 e. The lowest BCUT2D eigenvalue weighted by Gasteiger charge is -2.19. The molecule has 0 aromatic heterocycles. The van der Waals surface area contributed by atoms with E-state index in [1.165, 1.54) is 12.1 Å². The third kappa shape index (κ3) is 4.22. The van der Waals surface area contributed by atoms with Crippen LogP contribution in [0.15, 0.2) is 18.2 Å². The van der Waals surface area contributed by atoms with Gasteiger partial charge in [0, 0.05) is 18.8 Å². The van der Waals surface area contributed by atoms with Crippen LogP contribution in [-0.4, -0.2) is 47.5 Å². The lowest BCUT2D eigenvalue weighted by Crippen LogP contribution is -2.34. The fourth-order valence-electron chi connectivity index (χ4n) is 2.42. The number of ether oxygens (including phenoxy) is 1. The van der Waals surface area contributed by atoms with Gasteiger partial charge in [-0.3, -0.25) is 14.4 Å². The van der Waals surface area contributed by atoms with Crippen molar-refractivity contribution in [3.8, 4) is 5.75 Å². The van der Waals surface area contributed by atoms with Crippen LogP contribution in [0.25, 0.3) is 0 Å². The van der Waals surface area contributed by atoms with E-state index >= 15 is 0 Å². The van der Waals surface area contributed by atoms with Gasteiger partial charge in [0.25, 0.3) is 5.91 Å². The minimum atomic E-state index is -1.32. The number of benzene rings is 1. The number of anilines is 1. The summed E-state index contributed by atoms with van der Waals surface area (Å²) in [7, 11) is 0. The predicted molar refractivity (Wildman–Crippen MR) is 92.8 cm³/mol. The first-order valence-electron chi connectivity index (χ1n) is 8.09. The molecule has 0 atom stereocenters. The zero-order valence-electron chi connectivity index (χ0n) is 14.2. The predicted octanol–water partition coefficient (Wildman–Crippen LogP) is 2.39. The largest absolute Gasteiger partial charge is 0.482 e. The molecule has 1 aliphatic carbocycles. The fraction of sp³-hybridized carbons (Fsp3) is 0.471. The Hall–Kier alpha value is -2.28. The summed E-state index contributed by atoms with van der Waals surface area (Å²) in [6.45, 7) is 4.84. The number of hydrogen-bond acceptors (Lipinski definition) is 4. The smallest absolute Gasteiger partial charge is 0.319 e. The zero-order valence-corrected chi connectivity index (χ0v) is 14.9. The van der Waals surface area contributed by atoms with Gasteiger partial charge in [-0.2, -0.15) is 0 Å². The van der Waals surface area contributed by atoms with Crippen molar-refractivity contribution in [2.75, 3.05) is 25.0 Å². The highest BCUT2D eigenvalue weighted by Gasteiger charge is 2.57. The Labute approximate surface area is 150 Å². The number of aliphatic carboxylic acids is 1. The molecular formula is C17H21ClN2O5. The van der Waals surface area contributed by atoms with Crippen molar-refractivity contribution in [1.82, 2.24) is 4.90 Å². The molecule has 1 aliphatic rings. The molecule has 1 aromatic rings. The Balaban J connectivity index is 1.98. The number of carbonyl (C=O) groups is 3. The molecule has 7 nitrogen and oxygen atoms in total. The molecule has 0 spiro atoms. The van der Waals surface area contributed by atoms with Crippen LogP contribution in [-0.2, 0) is 14.4 Å². The zero-order chi connectivity index (χ0) is 18.6. The first kappa shape index (κ1) is 19.1. The molecule has 0 bridgehead atoms. The van der Waals surface area contributed by atoms with Crippen molar-refractivity contribution < 1.29 is 24.2 Å². The van der Waals surface area contributed by atoms with Crippen molar-refractivity contribution in [3.63, 3.8) is 0 Å². The maximum atomic E-state index is 12.1. The minimum Gasteiger partial charge on any atom is -0.482 e. The van der Waals surface area contributed by atoms with Gasteiger partial charge in [-0.15, -0.1) is 0 Å². The van der Waals surface area contributed by atoms with E-state index in [0.717, 1.165) is 0 Å². The van der Waals surface area contributed by atoms with Crippen molar-refractivity contribution in [1.29, 1.82) is 0 Å². The Morgan fingerprint density at radius 3 is 2.40 bits per heavy atom. The molecule has 2 amide bonds. The summed E-state index contributed by atoms with van der Waals surface area (Å²) < 4.78 is 5.43. The van der Waals surface area contributed by atoms with Crippen LogP contribution in [0.3, 0.4) is 0 Å². The maximum absolute atomic E-state index is 12.1. The summed E-state index contributed by atoms with van der Waals surface area (Å²) in [5.41, 5.74) is -0.942. The van der Waals surface area contributed by atoms with Gasteiger partial charge in [-0.1, -0.05) is 11.6 Å².